The fourth-order valence-corrected chi connectivity index (χ4v) is 4.96. The monoisotopic (exact) mass is 474 g/mol. The number of anilines is 1. The summed E-state index contributed by atoms with van der Waals surface area (Å²) in [6, 6.07) is 11.7. The second-order valence-corrected chi connectivity index (χ2v) is 9.10. The number of nitrogens with one attached hydrogen (secondary N) is 1. The number of sulfonamides is 1. The highest BCUT2D eigenvalue weighted by molar-refractivity contribution is 7.89. The van der Waals surface area contributed by atoms with Crippen LogP contribution in [-0.2, 0) is 14.8 Å². The lowest BCUT2D eigenvalue weighted by molar-refractivity contribution is 0.0729. The molecule has 11 heteroatoms. The number of amides is 1. The van der Waals surface area contributed by atoms with E-state index in [0.717, 1.165) is 0 Å². The van der Waals surface area contributed by atoms with E-state index in [1.807, 2.05) is 0 Å². The van der Waals surface area contributed by atoms with Crippen LogP contribution in [0.15, 0.2) is 59.6 Å². The number of morpholine rings is 1. The molecule has 1 aromatic heterocycles. The zero-order valence-electron chi connectivity index (χ0n) is 17.9. The standard InChI is InChI=1S/C22H23FN4O5S/c1-2-32-20-7-6-17(15-21(20)33(29,30)26-10-12-31-13-11-26)24-22(28)19-8-9-27(25-19)18-5-3-4-16(23)14-18/h3-9,14-15H,2,10-13H2,1H3,(H,24,28). The zero-order valence-corrected chi connectivity index (χ0v) is 18.7. The highest BCUT2D eigenvalue weighted by Gasteiger charge is 2.30. The Kier molecular flexibility index (Phi) is 6.72. The number of carbonyl (C=O) groups is 1. The number of ether oxygens (including phenoxy) is 2. The molecule has 1 amide bonds. The van der Waals surface area contributed by atoms with Gasteiger partial charge in [-0.15, -0.1) is 0 Å². The van der Waals surface area contributed by atoms with Gasteiger partial charge in [-0.3, -0.25) is 4.79 Å². The van der Waals surface area contributed by atoms with Crippen LogP contribution in [0.25, 0.3) is 5.69 Å². The van der Waals surface area contributed by atoms with Gasteiger partial charge in [-0.05, 0) is 49.4 Å². The number of rotatable bonds is 7. The summed E-state index contributed by atoms with van der Waals surface area (Å²) in [6.45, 7) is 3.15. The van der Waals surface area contributed by atoms with Crippen LogP contribution in [0.4, 0.5) is 10.1 Å². The summed E-state index contributed by atoms with van der Waals surface area (Å²) in [5.74, 6) is -0.751. The molecule has 1 aliphatic rings. The van der Waals surface area contributed by atoms with Crippen molar-refractivity contribution >= 4 is 21.6 Å². The smallest absolute Gasteiger partial charge is 0.276 e. The maximum Gasteiger partial charge on any atom is 0.276 e. The van der Waals surface area contributed by atoms with E-state index in [2.05, 4.69) is 10.4 Å². The van der Waals surface area contributed by atoms with Crippen LogP contribution in [0.5, 0.6) is 5.75 Å². The molecular formula is C22H23FN4O5S. The molecule has 1 aliphatic heterocycles. The van der Waals surface area contributed by atoms with Crippen LogP contribution < -0.4 is 10.1 Å². The van der Waals surface area contributed by atoms with Crippen molar-refractivity contribution in [2.24, 2.45) is 0 Å². The van der Waals surface area contributed by atoms with E-state index in [-0.39, 0.29) is 41.7 Å². The summed E-state index contributed by atoms with van der Waals surface area (Å²) in [5, 5.41) is 6.85. The van der Waals surface area contributed by atoms with Crippen LogP contribution in [-0.4, -0.2) is 61.3 Å². The molecule has 1 fully saturated rings. The van der Waals surface area contributed by atoms with Crippen LogP contribution in [0, 0.1) is 5.82 Å². The SMILES string of the molecule is CCOc1ccc(NC(=O)c2ccn(-c3cccc(F)c3)n2)cc1S(=O)(=O)N1CCOCC1. The normalized spacial score (nSPS) is 14.7. The van der Waals surface area contributed by atoms with Crippen molar-refractivity contribution in [1.82, 2.24) is 14.1 Å². The first-order chi connectivity index (χ1) is 15.9. The molecule has 0 spiro atoms. The lowest BCUT2D eigenvalue weighted by Gasteiger charge is -2.27. The molecule has 0 bridgehead atoms. The zero-order chi connectivity index (χ0) is 23.4. The number of nitrogens with zero attached hydrogens (tertiary/aromatic N) is 3. The maximum absolute atomic E-state index is 13.5. The minimum atomic E-state index is -3.85. The fourth-order valence-electron chi connectivity index (χ4n) is 3.39. The quantitative estimate of drug-likeness (QED) is 0.565. The average molecular weight is 475 g/mol. The first-order valence-corrected chi connectivity index (χ1v) is 11.8. The molecule has 2 aromatic carbocycles. The number of hydrogen-bond acceptors (Lipinski definition) is 6. The average Bonchev–Trinajstić information content (AvgIpc) is 3.31. The molecule has 174 valence electrons. The molecule has 0 atom stereocenters. The van der Waals surface area contributed by atoms with Crippen LogP contribution >= 0.6 is 0 Å². The lowest BCUT2D eigenvalue weighted by Crippen LogP contribution is -2.40. The van der Waals surface area contributed by atoms with E-state index in [4.69, 9.17) is 9.47 Å². The number of carbonyl (C=O) groups excluding carboxylic acids is 1. The van der Waals surface area contributed by atoms with Crippen LogP contribution in [0.1, 0.15) is 17.4 Å². The van der Waals surface area contributed by atoms with Gasteiger partial charge in [-0.25, -0.2) is 17.5 Å². The van der Waals surface area contributed by atoms with Gasteiger partial charge in [0.25, 0.3) is 5.91 Å². The van der Waals surface area contributed by atoms with E-state index >= 15 is 0 Å². The van der Waals surface area contributed by atoms with Gasteiger partial charge in [-0.1, -0.05) is 6.07 Å². The third-order valence-electron chi connectivity index (χ3n) is 4.98. The molecule has 33 heavy (non-hydrogen) atoms. The first-order valence-electron chi connectivity index (χ1n) is 10.4. The summed E-state index contributed by atoms with van der Waals surface area (Å²) >= 11 is 0. The Labute approximate surface area is 190 Å². The Bertz CT molecular complexity index is 1260. The van der Waals surface area contributed by atoms with Gasteiger partial charge in [0.15, 0.2) is 5.69 Å². The Hall–Kier alpha value is -3.28. The predicted molar refractivity (Wildman–Crippen MR) is 119 cm³/mol. The third-order valence-corrected chi connectivity index (χ3v) is 6.90. The third kappa shape index (κ3) is 5.05. The maximum atomic E-state index is 13.5. The summed E-state index contributed by atoms with van der Waals surface area (Å²) in [7, 11) is -3.85. The van der Waals surface area contributed by atoms with E-state index in [9.17, 15) is 17.6 Å². The van der Waals surface area contributed by atoms with Crippen molar-refractivity contribution in [1.29, 1.82) is 0 Å². The molecule has 0 unspecified atom stereocenters. The molecule has 0 aliphatic carbocycles. The summed E-state index contributed by atoms with van der Waals surface area (Å²) < 4.78 is 53.4. The lowest BCUT2D eigenvalue weighted by atomic mass is 10.3. The van der Waals surface area contributed by atoms with E-state index in [1.54, 1.807) is 25.1 Å². The summed E-state index contributed by atoms with van der Waals surface area (Å²) in [5.41, 5.74) is 0.829. The van der Waals surface area contributed by atoms with Crippen molar-refractivity contribution in [3.8, 4) is 11.4 Å². The van der Waals surface area contributed by atoms with E-state index in [0.29, 0.717) is 18.9 Å². The molecule has 1 saturated heterocycles. The number of halogens is 1. The van der Waals surface area contributed by atoms with Gasteiger partial charge in [0.1, 0.15) is 16.5 Å². The number of aromatic nitrogens is 2. The van der Waals surface area contributed by atoms with E-state index in [1.165, 1.54) is 45.5 Å². The van der Waals surface area contributed by atoms with Crippen LogP contribution in [0.2, 0.25) is 0 Å². The topological polar surface area (TPSA) is 103 Å². The molecule has 3 aromatic rings. The minimum absolute atomic E-state index is 0.0330. The molecule has 2 heterocycles. The van der Waals surface area contributed by atoms with Crippen molar-refractivity contribution < 1.29 is 27.1 Å². The van der Waals surface area contributed by atoms with Crippen molar-refractivity contribution in [3.05, 3.63) is 66.2 Å². The summed E-state index contributed by atoms with van der Waals surface area (Å²) in [6.07, 6.45) is 1.54. The van der Waals surface area contributed by atoms with E-state index < -0.39 is 21.7 Å². The Morgan fingerprint density at radius 3 is 2.70 bits per heavy atom. The van der Waals surface area contributed by atoms with Gasteiger partial charge < -0.3 is 14.8 Å². The van der Waals surface area contributed by atoms with Gasteiger partial charge in [0, 0.05) is 25.0 Å². The highest BCUT2D eigenvalue weighted by atomic mass is 32.2. The van der Waals surface area contributed by atoms with Gasteiger partial charge in [0.2, 0.25) is 10.0 Å². The second kappa shape index (κ2) is 9.69. The molecule has 0 radical (unpaired) electrons. The molecule has 1 N–H and O–H groups in total. The summed E-state index contributed by atoms with van der Waals surface area (Å²) in [4.78, 5) is 12.7. The Morgan fingerprint density at radius 1 is 1.18 bits per heavy atom. The molecule has 0 saturated carbocycles. The van der Waals surface area contributed by atoms with Crippen molar-refractivity contribution in [2.45, 2.75) is 11.8 Å². The van der Waals surface area contributed by atoms with Crippen LogP contribution in [0.3, 0.4) is 0 Å². The predicted octanol–water partition coefficient (Wildman–Crippen LogP) is 2.68. The molecule has 9 nitrogen and oxygen atoms in total. The first kappa shape index (κ1) is 22.9. The fraction of sp³-hybridized carbons (Fsp3) is 0.273. The van der Waals surface area contributed by atoms with Gasteiger partial charge in [-0.2, -0.15) is 9.40 Å². The Balaban J connectivity index is 1.58. The molecular weight excluding hydrogens is 451 g/mol. The second-order valence-electron chi connectivity index (χ2n) is 7.19. The largest absolute Gasteiger partial charge is 0.492 e. The highest BCUT2D eigenvalue weighted by Crippen LogP contribution is 2.30. The Morgan fingerprint density at radius 2 is 1.97 bits per heavy atom. The van der Waals surface area contributed by atoms with Gasteiger partial charge >= 0.3 is 0 Å². The van der Waals surface area contributed by atoms with Gasteiger partial charge in [0.05, 0.1) is 25.5 Å². The van der Waals surface area contributed by atoms with Crippen molar-refractivity contribution in [2.75, 3.05) is 38.2 Å². The number of benzene rings is 2. The van der Waals surface area contributed by atoms with Crippen molar-refractivity contribution in [3.63, 3.8) is 0 Å². The minimum Gasteiger partial charge on any atom is -0.492 e. The molecule has 4 rings (SSSR count). The number of hydrogen-bond donors (Lipinski definition) is 1.